The maximum Gasteiger partial charge on any atom is 0.317 e. The summed E-state index contributed by atoms with van der Waals surface area (Å²) in [5, 5.41) is 38.9. The Balaban J connectivity index is 0.000000559. The largest absolute Gasteiger partial charge is 0.481 e. The molecule has 12 aromatic rings. The number of nitrogens with zero attached hydrogens (tertiary/aromatic N) is 20. The van der Waals surface area contributed by atoms with Crippen LogP contribution in [0.3, 0.4) is 0 Å². The number of hydrogen-bond acceptors (Lipinski definition) is 26. The Morgan fingerprint density at radius 2 is 0.786 bits per heavy atom. The van der Waals surface area contributed by atoms with E-state index in [9.17, 15) is 44.1 Å². The van der Waals surface area contributed by atoms with Crippen molar-refractivity contribution in [2.24, 2.45) is 109 Å². The fraction of sp³-hybridized carbons (Fsp3) is 0.444. The average molecular weight is 2170 g/mol. The van der Waals surface area contributed by atoms with Crippen molar-refractivity contribution in [1.82, 2.24) is 108 Å². The summed E-state index contributed by atoms with van der Waals surface area (Å²) in [4.78, 5) is 122. The number of carboxylic acid groups (broad SMARTS) is 3. The predicted octanol–water partition coefficient (Wildman–Crippen LogP) is 10.6. The first-order chi connectivity index (χ1) is 60.6. The number of cyclic esters (lactones) is 2. The molecule has 1 fully saturated rings. The quantitative estimate of drug-likeness (QED) is 0.0102. The van der Waals surface area contributed by atoms with Gasteiger partial charge in [0.1, 0.15) is 0 Å². The molecule has 13 heterocycles. The molecule has 13 rings (SSSR count). The predicted molar refractivity (Wildman–Crippen MR) is 492 cm³/mol. The zero-order chi connectivity index (χ0) is 91.6. The van der Waals surface area contributed by atoms with E-state index in [1.807, 2.05) is 216 Å². The van der Waals surface area contributed by atoms with Crippen molar-refractivity contribution in [2.75, 3.05) is 71.4 Å². The number of aryl methyl sites for hydroxylation is 8. The van der Waals surface area contributed by atoms with Crippen molar-refractivity contribution in [2.45, 2.75) is 99.0 Å². The minimum atomic E-state index is -1.51. The molecule has 0 aliphatic carbocycles. The summed E-state index contributed by atoms with van der Waals surface area (Å²) in [5.41, 5.74) is 10.9. The first-order valence-electron chi connectivity index (χ1n) is 41.6. The molecule has 41 heteroatoms. The number of aromatic nitrogens is 20. The molecule has 1 saturated heterocycles. The number of methoxy groups -OCH3 is 3. The number of nitrogens with two attached hydrogens (primary N) is 1. The van der Waals surface area contributed by atoms with E-state index >= 15 is 0 Å². The van der Waals surface area contributed by atoms with Gasteiger partial charge in [0.2, 0.25) is 5.91 Å². The zero-order valence-corrected chi connectivity index (χ0v) is 81.6. The van der Waals surface area contributed by atoms with Crippen molar-refractivity contribution >= 4 is 47.1 Å². The number of anilines is 2. The first kappa shape index (κ1) is 115. The van der Waals surface area contributed by atoms with E-state index in [0.29, 0.717) is 19.6 Å². The Bertz CT molecular complexity index is 4790. The minimum absolute atomic E-state index is 0. The number of imidazole rings is 8. The fourth-order valence-electron chi connectivity index (χ4n) is 13.9. The molecule has 131 heavy (non-hydrogen) atoms. The molecule has 0 radical (unpaired) electrons. The summed E-state index contributed by atoms with van der Waals surface area (Å²) in [7, 11) is 19.9. The second-order valence-corrected chi connectivity index (χ2v) is 30.3. The molecule has 716 valence electrons. The first-order valence-corrected chi connectivity index (χ1v) is 41.6. The van der Waals surface area contributed by atoms with E-state index < -0.39 is 71.4 Å². The third-order valence-electron chi connectivity index (χ3n) is 20.9. The maximum absolute atomic E-state index is 13.3. The van der Waals surface area contributed by atoms with Crippen LogP contribution in [0.25, 0.3) is 69.4 Å². The smallest absolute Gasteiger partial charge is 0.317 e. The number of carbonyl (C=O) groups excluding carboxylic acids is 3. The SMILES string of the molecule is C.COCC(C)C(C(=O)NCCCCCCNc1ccnc(-c2ccccn2)c1)C(CC(OC)C(C(=O)O)C(C)C(=O)O)C(=O)O.COCC(C)C1C(=O)OC(=O)C1C.Cn1ccnc1-c1nccn1C.Cn1ccnc1-c1nccn1C.Cn1ccnc1-c1nccn1C.Cn1ccnc1-c1nccn1C.N.NCCCCCCNc1ccnc(-c2ccccn2)c1.O.[Os].[Os]. The molecule has 13 N–H and O–H groups in total. The molecule has 1 amide bonds. The van der Waals surface area contributed by atoms with Gasteiger partial charge in [-0.05, 0) is 99.0 Å². The van der Waals surface area contributed by atoms with Crippen molar-refractivity contribution < 1.29 is 108 Å². The third kappa shape index (κ3) is 35.6. The van der Waals surface area contributed by atoms with E-state index in [4.69, 9.17) is 19.9 Å². The van der Waals surface area contributed by atoms with Crippen molar-refractivity contribution in [3.63, 3.8) is 0 Å². The topological polar surface area (TPSA) is 523 Å². The number of aliphatic carboxylic acids is 3. The van der Waals surface area contributed by atoms with Crippen LogP contribution in [0, 0.1) is 47.3 Å². The summed E-state index contributed by atoms with van der Waals surface area (Å²) >= 11 is 0. The molecule has 1 aliphatic rings. The average Bonchev–Trinajstić information content (AvgIpc) is 1.75. The maximum atomic E-state index is 13.3. The van der Waals surface area contributed by atoms with Crippen molar-refractivity contribution in [1.29, 1.82) is 0 Å². The molecule has 9 atom stereocenters. The van der Waals surface area contributed by atoms with Gasteiger partial charge in [-0.25, -0.2) is 39.9 Å². The van der Waals surface area contributed by atoms with E-state index in [1.54, 1.807) is 89.1 Å². The van der Waals surface area contributed by atoms with Gasteiger partial charge in [-0.1, -0.05) is 72.9 Å². The third-order valence-corrected chi connectivity index (χ3v) is 20.9. The van der Waals surface area contributed by atoms with E-state index in [-0.39, 0.29) is 89.4 Å². The van der Waals surface area contributed by atoms with E-state index in [0.717, 1.165) is 126 Å². The molecule has 39 nitrogen and oxygen atoms in total. The van der Waals surface area contributed by atoms with Crippen LogP contribution >= 0.6 is 0 Å². The second kappa shape index (κ2) is 60.7. The number of hydrogen-bond donors (Lipinski definition) is 8. The number of carboxylic acids is 3. The molecule has 0 saturated carbocycles. The Kier molecular flexibility index (Phi) is 53.3. The van der Waals surface area contributed by atoms with Crippen LogP contribution in [0.2, 0.25) is 0 Å². The van der Waals surface area contributed by atoms with Gasteiger partial charge in [-0.2, -0.15) is 0 Å². The summed E-state index contributed by atoms with van der Waals surface area (Å²) < 4.78 is 35.5. The number of unbranched alkanes of at least 4 members (excludes halogenated alkanes) is 6. The number of rotatable bonds is 37. The minimum Gasteiger partial charge on any atom is -0.481 e. The number of pyridine rings is 4. The number of carbonyl (C=O) groups is 6. The van der Waals surface area contributed by atoms with Crippen LogP contribution in [0.1, 0.15) is 92.9 Å². The van der Waals surface area contributed by atoms with E-state index in [1.165, 1.54) is 40.4 Å². The molecule has 0 spiro atoms. The number of amides is 1. The van der Waals surface area contributed by atoms with Gasteiger partial charge in [0.05, 0.1) is 64.4 Å². The van der Waals surface area contributed by atoms with Crippen LogP contribution in [-0.2, 0) is 144 Å². The van der Waals surface area contributed by atoms with Crippen LogP contribution in [-0.4, -0.2) is 220 Å². The van der Waals surface area contributed by atoms with Gasteiger partial charge in [0, 0.05) is 285 Å². The zero-order valence-electron chi connectivity index (χ0n) is 76.5. The summed E-state index contributed by atoms with van der Waals surface area (Å²) in [5.74, 6) is -4.67. The van der Waals surface area contributed by atoms with Gasteiger partial charge in [0.25, 0.3) is 0 Å². The van der Waals surface area contributed by atoms with Gasteiger partial charge in [-0.15, -0.1) is 0 Å². The molecule has 1 aliphatic heterocycles. The summed E-state index contributed by atoms with van der Waals surface area (Å²) in [6.45, 7) is 9.96. The summed E-state index contributed by atoms with van der Waals surface area (Å²) in [6.07, 6.45) is 42.9. The number of ether oxygens (including phenoxy) is 4. The van der Waals surface area contributed by atoms with Crippen LogP contribution in [0.4, 0.5) is 11.4 Å². The molecular formula is C90H131N25O14Os2. The molecule has 12 aromatic heterocycles. The Labute approximate surface area is 792 Å². The summed E-state index contributed by atoms with van der Waals surface area (Å²) in [6, 6.07) is 19.4. The Morgan fingerprint density at radius 1 is 0.443 bits per heavy atom. The standard InChI is InChI=1S/C32H46N4O9.C16H22N4.C9H14O4.4C8H10N4.CH4.H3N.H2O.2Os/c1-20(19-44-3)27(23(31(40)41)18-26(45-4)28(32(42)43)21(2)30(38)39)29(37)36-15-9-6-5-8-13-33-22-12-16-35-25(17-22)24-11-7-10-14-34-24;17-9-4-1-2-5-10-18-14-8-12-20-16(13-14)15-7-3-6-11-19-15;1-5(4-12-3)7-6(2)8(10)13-9(7)11;4*1-11-5-3-9-7(11)8-10-4-6-12(8)2;;;;;/h7,10-12,14,16-17,20-21,23,26-28H,5-6,8-9,13,15,18-19H2,1-4H3,(H,33,35)(H,36,37)(H,38,39)(H,40,41)(H,42,43);3,6-8,11-13H,1-2,4-5,9-10,17H2,(H,18,20);5-7H,4H2,1-3H3;4*3-6H,1-2H3;1H4;1H3;1H2;;. The molecule has 0 aromatic carbocycles. The van der Waals surface area contributed by atoms with Crippen LogP contribution in [0.15, 0.2) is 185 Å². The molecule has 9 unspecified atom stereocenters. The Morgan fingerprint density at radius 3 is 1.06 bits per heavy atom. The fourth-order valence-corrected chi connectivity index (χ4v) is 13.9. The van der Waals surface area contributed by atoms with Crippen LogP contribution < -0.4 is 27.8 Å². The van der Waals surface area contributed by atoms with Gasteiger partial charge < -0.3 is 104 Å². The van der Waals surface area contributed by atoms with Crippen molar-refractivity contribution in [3.8, 4) is 69.4 Å². The molecule has 0 bridgehead atoms. The molecular weight excluding hydrogens is 2040 g/mol. The second-order valence-electron chi connectivity index (χ2n) is 30.3. The number of esters is 2. The Hall–Kier alpha value is -12.1. The van der Waals surface area contributed by atoms with Gasteiger partial charge in [-0.3, -0.25) is 48.7 Å². The normalized spacial score (nSPS) is 13.7. The monoisotopic (exact) mass is 2170 g/mol. The van der Waals surface area contributed by atoms with Crippen molar-refractivity contribution in [3.05, 3.63) is 185 Å². The van der Waals surface area contributed by atoms with E-state index in [2.05, 4.69) is 80.5 Å². The number of nitrogens with one attached hydrogen (secondary N) is 3. The van der Waals surface area contributed by atoms with Crippen LogP contribution in [0.5, 0.6) is 0 Å². The van der Waals surface area contributed by atoms with Gasteiger partial charge >= 0.3 is 29.8 Å². The van der Waals surface area contributed by atoms with Gasteiger partial charge in [0.15, 0.2) is 46.6 Å².